The van der Waals surface area contributed by atoms with Crippen LogP contribution in [0.15, 0.2) is 12.1 Å². The minimum atomic E-state index is -1.88. The van der Waals surface area contributed by atoms with E-state index >= 15 is 0 Å². The number of aliphatic hydroxyl groups is 3. The van der Waals surface area contributed by atoms with Crippen LogP contribution in [0.25, 0.3) is 11.4 Å². The molecule has 46 heavy (non-hydrogen) atoms. The molecule has 7 atom stereocenters. The molecule has 3 aliphatic rings. The van der Waals surface area contributed by atoms with Gasteiger partial charge in [-0.2, -0.15) is 0 Å². The highest BCUT2D eigenvalue weighted by molar-refractivity contribution is 5.74. The summed E-state index contributed by atoms with van der Waals surface area (Å²) in [6.45, 7) is 2.42. The van der Waals surface area contributed by atoms with Crippen molar-refractivity contribution in [2.75, 3.05) is 13.6 Å². The number of nitrogens with zero attached hydrogens (tertiary/aromatic N) is 5. The first kappa shape index (κ1) is 33.5. The van der Waals surface area contributed by atoms with Crippen LogP contribution in [0.1, 0.15) is 56.3 Å². The number of hydrogen-bond donors (Lipinski definition) is 4. The number of hydrogen-bond acceptors (Lipinski definition) is 13. The van der Waals surface area contributed by atoms with E-state index in [1.165, 1.54) is 6.42 Å². The number of carbonyl (C=O) groups is 3. The van der Waals surface area contributed by atoms with Crippen LogP contribution in [0.3, 0.4) is 0 Å². The number of carboxylic acid groups (broad SMARTS) is 1. The van der Waals surface area contributed by atoms with Crippen LogP contribution in [0, 0.1) is 18.8 Å². The second-order valence-electron chi connectivity index (χ2n) is 12.3. The van der Waals surface area contributed by atoms with Gasteiger partial charge in [0.05, 0.1) is 23.4 Å². The van der Waals surface area contributed by atoms with Crippen molar-refractivity contribution in [3.05, 3.63) is 23.5 Å². The first-order chi connectivity index (χ1) is 21.9. The molecule has 16 nitrogen and oxygen atoms in total. The Morgan fingerprint density at radius 2 is 1.80 bits per heavy atom. The second kappa shape index (κ2) is 14.3. The van der Waals surface area contributed by atoms with Gasteiger partial charge in [0.25, 0.3) is 0 Å². The monoisotopic (exact) mass is 647 g/mol. The third-order valence-electron chi connectivity index (χ3n) is 8.92. The molecule has 2 saturated carbocycles. The molecule has 0 aromatic carbocycles. The maximum absolute atomic E-state index is 13.0. The zero-order chi connectivity index (χ0) is 33.1. The van der Waals surface area contributed by atoms with E-state index in [4.69, 9.17) is 18.9 Å². The first-order valence-corrected chi connectivity index (χ1v) is 15.5. The predicted octanol–water partition coefficient (Wildman–Crippen LogP) is 0.927. The van der Waals surface area contributed by atoms with E-state index in [1.54, 1.807) is 42.7 Å². The molecule has 1 saturated heterocycles. The molecule has 3 heterocycles. The lowest BCUT2D eigenvalue weighted by atomic mass is 9.85. The van der Waals surface area contributed by atoms with Crippen molar-refractivity contribution in [3.8, 4) is 17.1 Å². The van der Waals surface area contributed by atoms with Gasteiger partial charge in [0.2, 0.25) is 6.29 Å². The van der Waals surface area contributed by atoms with E-state index in [0.717, 1.165) is 12.8 Å². The molecule has 1 aliphatic heterocycles. The molecule has 0 unspecified atom stereocenters. The number of rotatable bonds is 10. The Morgan fingerprint density at radius 3 is 2.48 bits per heavy atom. The normalized spacial score (nSPS) is 28.2. The largest absolute Gasteiger partial charge is 0.489 e. The van der Waals surface area contributed by atoms with Crippen molar-refractivity contribution in [2.45, 2.75) is 95.3 Å². The number of esters is 1. The fourth-order valence-corrected chi connectivity index (χ4v) is 5.93. The Balaban J connectivity index is 1.18. The average Bonchev–Trinajstić information content (AvgIpc) is 3.38. The average molecular weight is 648 g/mol. The highest BCUT2D eigenvalue weighted by Gasteiger charge is 2.49. The van der Waals surface area contributed by atoms with Crippen LogP contribution in [0.5, 0.6) is 5.75 Å². The number of carboxylic acids is 1. The molecular weight excluding hydrogens is 606 g/mol. The van der Waals surface area contributed by atoms with Crippen molar-refractivity contribution < 1.29 is 53.8 Å². The molecule has 2 aromatic rings. The maximum atomic E-state index is 13.0. The lowest BCUT2D eigenvalue weighted by molar-refractivity contribution is -0.287. The molecule has 4 N–H and O–H groups in total. The van der Waals surface area contributed by atoms with E-state index in [9.17, 15) is 34.8 Å². The van der Waals surface area contributed by atoms with Crippen molar-refractivity contribution in [3.63, 3.8) is 0 Å². The highest BCUT2D eigenvalue weighted by Crippen LogP contribution is 2.33. The summed E-state index contributed by atoms with van der Waals surface area (Å²) < 4.78 is 23.6. The molecule has 2 aromatic heterocycles. The summed E-state index contributed by atoms with van der Waals surface area (Å²) in [5.74, 6) is -1.91. The second-order valence-corrected chi connectivity index (χ2v) is 12.3. The molecule has 3 fully saturated rings. The number of carbonyl (C=O) groups excluding carboxylic acids is 2. The number of aliphatic carboxylic acids is 1. The number of aryl methyl sites for hydroxylation is 2. The zero-order valence-corrected chi connectivity index (χ0v) is 26.0. The van der Waals surface area contributed by atoms with E-state index < -0.39 is 54.7 Å². The lowest BCUT2D eigenvalue weighted by Gasteiger charge is -2.38. The van der Waals surface area contributed by atoms with Gasteiger partial charge in [-0.05, 0) is 63.5 Å². The van der Waals surface area contributed by atoms with Gasteiger partial charge in [0.15, 0.2) is 6.10 Å². The number of aromatic nitrogens is 4. The van der Waals surface area contributed by atoms with E-state index in [1.807, 2.05) is 0 Å². The summed E-state index contributed by atoms with van der Waals surface area (Å²) in [6.07, 6.45) is -4.47. The van der Waals surface area contributed by atoms with Crippen molar-refractivity contribution in [2.24, 2.45) is 18.9 Å². The zero-order valence-electron chi connectivity index (χ0n) is 26.0. The van der Waals surface area contributed by atoms with Gasteiger partial charge in [0.1, 0.15) is 42.1 Å². The topological polar surface area (TPSA) is 216 Å². The lowest BCUT2D eigenvalue weighted by Crippen LogP contribution is -2.60. The van der Waals surface area contributed by atoms with Gasteiger partial charge in [-0.25, -0.2) is 19.3 Å². The van der Waals surface area contributed by atoms with E-state index in [2.05, 4.69) is 15.3 Å². The van der Waals surface area contributed by atoms with Crippen LogP contribution in [0.2, 0.25) is 0 Å². The Hall–Kier alpha value is -3.86. The summed E-state index contributed by atoms with van der Waals surface area (Å²) in [6, 6.07) is 3.48. The van der Waals surface area contributed by atoms with Gasteiger partial charge in [-0.1, -0.05) is 11.6 Å². The Bertz CT molecular complexity index is 1420. The molecule has 1 amide bonds. The quantitative estimate of drug-likeness (QED) is 0.264. The van der Waals surface area contributed by atoms with Crippen LogP contribution in [-0.4, -0.2) is 114 Å². The van der Waals surface area contributed by atoms with Crippen LogP contribution in [0.4, 0.5) is 4.79 Å². The van der Waals surface area contributed by atoms with E-state index in [0.29, 0.717) is 60.3 Å². The fraction of sp³-hybridized carbons (Fsp3) is 0.667. The van der Waals surface area contributed by atoms with E-state index in [-0.39, 0.29) is 19.1 Å². The van der Waals surface area contributed by atoms with Crippen LogP contribution < -0.4 is 4.74 Å². The standard InChI is InChI=1S/C30H41N5O11/c1-15-21(11-10-19(31-15)22-20(35(3)33-32-22)14-43-30(42)34(2)13-16-6-4-7-16)44-18-9-5-8-17(12-18)28(41)46-29-25(38)23(36)24(37)26(45-29)27(39)40/h10-11,16-18,23-26,29,36-38H,4-9,12-14H2,1-3H3,(H,39,40)/t17-,18-,23-,24-,25+,26-,29-/m0/s1. The highest BCUT2D eigenvalue weighted by atomic mass is 16.7. The molecular formula is C30H41N5O11. The predicted molar refractivity (Wildman–Crippen MR) is 156 cm³/mol. The Labute approximate surface area is 265 Å². The number of ether oxygens (including phenoxy) is 4. The SMILES string of the molecule is Cc1nc(-c2nnn(C)c2COC(=O)N(C)CC2CCC2)ccc1O[C@H]1CCC[C@H](C(=O)O[C@@H]2O[C@H](C(=O)O)[C@@H](O)[C@H](O)[C@H]2O)C1. The smallest absolute Gasteiger partial charge is 0.409 e. The summed E-state index contributed by atoms with van der Waals surface area (Å²) in [4.78, 5) is 43.1. The minimum Gasteiger partial charge on any atom is -0.489 e. The Morgan fingerprint density at radius 1 is 1.07 bits per heavy atom. The summed E-state index contributed by atoms with van der Waals surface area (Å²) >= 11 is 0. The summed E-state index contributed by atoms with van der Waals surface area (Å²) in [5.41, 5.74) is 2.15. The number of pyridine rings is 1. The molecule has 0 bridgehead atoms. The molecule has 5 rings (SSSR count). The van der Waals surface area contributed by atoms with Crippen LogP contribution in [-0.2, 0) is 37.5 Å². The van der Waals surface area contributed by atoms with Crippen molar-refractivity contribution >= 4 is 18.0 Å². The third-order valence-corrected chi connectivity index (χ3v) is 8.92. The van der Waals surface area contributed by atoms with Crippen molar-refractivity contribution in [1.29, 1.82) is 0 Å². The maximum Gasteiger partial charge on any atom is 0.409 e. The summed E-state index contributed by atoms with van der Waals surface area (Å²) in [7, 11) is 3.44. The van der Waals surface area contributed by atoms with Gasteiger partial charge in [0, 0.05) is 20.6 Å². The summed E-state index contributed by atoms with van der Waals surface area (Å²) in [5, 5.41) is 47.6. The third kappa shape index (κ3) is 7.40. The molecule has 16 heteroatoms. The number of amides is 1. The molecule has 252 valence electrons. The number of aliphatic hydroxyl groups excluding tert-OH is 3. The Kier molecular flexibility index (Phi) is 10.4. The van der Waals surface area contributed by atoms with Gasteiger partial charge in [-0.15, -0.1) is 5.10 Å². The van der Waals surface area contributed by atoms with Gasteiger partial charge >= 0.3 is 18.0 Å². The fourth-order valence-electron chi connectivity index (χ4n) is 5.93. The van der Waals surface area contributed by atoms with Crippen LogP contribution >= 0.6 is 0 Å². The first-order valence-electron chi connectivity index (χ1n) is 15.5. The molecule has 0 radical (unpaired) electrons. The molecule has 0 spiro atoms. The molecule has 2 aliphatic carbocycles. The minimum absolute atomic E-state index is 0.0232. The van der Waals surface area contributed by atoms with Gasteiger partial charge < -0.3 is 44.3 Å². The van der Waals surface area contributed by atoms with Crippen molar-refractivity contribution in [1.82, 2.24) is 24.9 Å². The van der Waals surface area contributed by atoms with Gasteiger partial charge in [-0.3, -0.25) is 4.79 Å².